The van der Waals surface area contributed by atoms with Crippen molar-refractivity contribution in [3.05, 3.63) is 5.89 Å². The van der Waals surface area contributed by atoms with Crippen LogP contribution >= 0.6 is 0 Å². The van der Waals surface area contributed by atoms with Crippen LogP contribution in [-0.4, -0.2) is 16.3 Å². The average Bonchev–Trinajstić information content (AvgIpc) is 2.13. The zero-order valence-corrected chi connectivity index (χ0v) is 6.29. The molecule has 0 fully saturated rings. The maximum Gasteiger partial charge on any atom is 0.414 e. The minimum atomic E-state index is 0.0832. The van der Waals surface area contributed by atoms with E-state index in [2.05, 4.69) is 10.2 Å². The van der Waals surface area contributed by atoms with Gasteiger partial charge in [-0.05, 0) is 13.8 Å². The number of ether oxygens (including phenoxy) is 1. The summed E-state index contributed by atoms with van der Waals surface area (Å²) in [5.74, 6) is 0.524. The summed E-state index contributed by atoms with van der Waals surface area (Å²) >= 11 is 0. The third kappa shape index (κ3) is 1.72. The molecule has 0 radical (unpaired) electrons. The molecule has 0 N–H and O–H groups in total. The van der Waals surface area contributed by atoms with Crippen molar-refractivity contribution in [3.63, 3.8) is 0 Å². The third-order valence-corrected chi connectivity index (χ3v) is 0.844. The molecular formula is C6H10N2O2. The Balaban J connectivity index is 2.58. The number of nitrogens with zero attached hydrogens (tertiary/aromatic N) is 2. The summed E-state index contributed by atoms with van der Waals surface area (Å²) in [7, 11) is 0. The Morgan fingerprint density at radius 2 is 2.10 bits per heavy atom. The van der Waals surface area contributed by atoms with Crippen LogP contribution in [-0.2, 0) is 0 Å². The van der Waals surface area contributed by atoms with E-state index in [1.165, 1.54) is 0 Å². The first-order chi connectivity index (χ1) is 4.68. The van der Waals surface area contributed by atoms with Crippen molar-refractivity contribution < 1.29 is 9.15 Å². The fourth-order valence-electron chi connectivity index (χ4n) is 0.528. The number of hydrogen-bond donors (Lipinski definition) is 0. The highest BCUT2D eigenvalue weighted by molar-refractivity contribution is 4.83. The molecule has 0 aromatic carbocycles. The summed E-state index contributed by atoms with van der Waals surface area (Å²) < 4.78 is 10.0. The Labute approximate surface area is 59.2 Å². The summed E-state index contributed by atoms with van der Waals surface area (Å²) in [6, 6.07) is 0. The molecule has 10 heavy (non-hydrogen) atoms. The summed E-state index contributed by atoms with van der Waals surface area (Å²) in [6.45, 7) is 5.53. The molecule has 56 valence electrons. The molecule has 1 heterocycles. The number of aromatic nitrogens is 2. The number of rotatable bonds is 2. The van der Waals surface area contributed by atoms with Gasteiger partial charge in [0.2, 0.25) is 5.89 Å². The minimum absolute atomic E-state index is 0.0832. The van der Waals surface area contributed by atoms with Gasteiger partial charge >= 0.3 is 6.08 Å². The van der Waals surface area contributed by atoms with Gasteiger partial charge < -0.3 is 9.15 Å². The molecule has 0 saturated heterocycles. The van der Waals surface area contributed by atoms with E-state index in [-0.39, 0.29) is 12.2 Å². The van der Waals surface area contributed by atoms with Crippen LogP contribution in [0.4, 0.5) is 0 Å². The second kappa shape index (κ2) is 2.68. The van der Waals surface area contributed by atoms with Crippen molar-refractivity contribution >= 4 is 0 Å². The fourth-order valence-corrected chi connectivity index (χ4v) is 0.528. The van der Waals surface area contributed by atoms with Crippen molar-refractivity contribution in [2.45, 2.75) is 26.9 Å². The lowest BCUT2D eigenvalue weighted by Crippen LogP contribution is -2.05. The van der Waals surface area contributed by atoms with Gasteiger partial charge in [-0.3, -0.25) is 0 Å². The Kier molecular flexibility index (Phi) is 1.89. The first-order valence-electron chi connectivity index (χ1n) is 3.15. The van der Waals surface area contributed by atoms with Gasteiger partial charge in [-0.1, -0.05) is 5.10 Å². The molecule has 0 spiro atoms. The molecule has 1 aromatic heterocycles. The molecular weight excluding hydrogens is 132 g/mol. The average molecular weight is 142 g/mol. The second-order valence-electron chi connectivity index (χ2n) is 2.25. The van der Waals surface area contributed by atoms with E-state index in [0.29, 0.717) is 5.89 Å². The predicted octanol–water partition coefficient (Wildman–Crippen LogP) is 1.17. The van der Waals surface area contributed by atoms with E-state index in [9.17, 15) is 0 Å². The van der Waals surface area contributed by atoms with E-state index < -0.39 is 0 Å². The molecule has 0 atom stereocenters. The molecule has 4 heteroatoms. The summed E-state index contributed by atoms with van der Waals surface area (Å²) in [4.78, 5) is 0. The standard InChI is InChI=1S/C6H10N2O2/c1-4(2)9-6-8-7-5(3)10-6/h4H,1-3H3. The minimum Gasteiger partial charge on any atom is -0.446 e. The highest BCUT2D eigenvalue weighted by Gasteiger charge is 2.03. The summed E-state index contributed by atoms with van der Waals surface area (Å²) in [6.07, 6.45) is 0.326. The van der Waals surface area contributed by atoms with Crippen LogP contribution in [0.2, 0.25) is 0 Å². The molecule has 0 unspecified atom stereocenters. The van der Waals surface area contributed by atoms with Crippen LogP contribution in [0.3, 0.4) is 0 Å². The summed E-state index contributed by atoms with van der Waals surface area (Å²) in [5.41, 5.74) is 0. The van der Waals surface area contributed by atoms with Gasteiger partial charge in [-0.25, -0.2) is 0 Å². The Hall–Kier alpha value is -1.06. The van der Waals surface area contributed by atoms with Gasteiger partial charge in [-0.2, -0.15) is 0 Å². The molecule has 0 saturated carbocycles. The smallest absolute Gasteiger partial charge is 0.414 e. The molecule has 0 amide bonds. The molecule has 1 aromatic rings. The highest BCUT2D eigenvalue weighted by atomic mass is 16.6. The van der Waals surface area contributed by atoms with Crippen molar-refractivity contribution in [2.75, 3.05) is 0 Å². The monoisotopic (exact) mass is 142 g/mol. The molecule has 1 rings (SSSR count). The zero-order chi connectivity index (χ0) is 7.56. The van der Waals surface area contributed by atoms with Crippen LogP contribution in [0.25, 0.3) is 0 Å². The van der Waals surface area contributed by atoms with Crippen molar-refractivity contribution in [1.82, 2.24) is 10.2 Å². The van der Waals surface area contributed by atoms with E-state index in [4.69, 9.17) is 9.15 Å². The fraction of sp³-hybridized carbons (Fsp3) is 0.667. The Morgan fingerprint density at radius 3 is 2.50 bits per heavy atom. The lowest BCUT2D eigenvalue weighted by Gasteiger charge is -2.01. The Morgan fingerprint density at radius 1 is 1.40 bits per heavy atom. The molecule has 0 aliphatic rings. The van der Waals surface area contributed by atoms with E-state index in [0.717, 1.165) is 0 Å². The van der Waals surface area contributed by atoms with Crippen LogP contribution in [0.15, 0.2) is 4.42 Å². The van der Waals surface area contributed by atoms with Gasteiger partial charge in [0.1, 0.15) is 0 Å². The number of hydrogen-bond acceptors (Lipinski definition) is 4. The van der Waals surface area contributed by atoms with Gasteiger partial charge in [0.15, 0.2) is 0 Å². The van der Waals surface area contributed by atoms with Crippen molar-refractivity contribution in [1.29, 1.82) is 0 Å². The van der Waals surface area contributed by atoms with Gasteiger partial charge in [-0.15, -0.1) is 5.10 Å². The zero-order valence-electron chi connectivity index (χ0n) is 6.29. The predicted molar refractivity (Wildman–Crippen MR) is 34.8 cm³/mol. The maximum absolute atomic E-state index is 5.09. The van der Waals surface area contributed by atoms with Crippen molar-refractivity contribution in [3.8, 4) is 6.08 Å². The third-order valence-electron chi connectivity index (χ3n) is 0.844. The second-order valence-corrected chi connectivity index (χ2v) is 2.25. The first kappa shape index (κ1) is 7.05. The normalized spacial score (nSPS) is 10.4. The molecule has 0 aliphatic heterocycles. The number of aryl methyl sites for hydroxylation is 1. The van der Waals surface area contributed by atoms with Gasteiger partial charge in [0.05, 0.1) is 6.10 Å². The quantitative estimate of drug-likeness (QED) is 0.621. The highest BCUT2D eigenvalue weighted by Crippen LogP contribution is 2.08. The van der Waals surface area contributed by atoms with Crippen LogP contribution in [0.1, 0.15) is 19.7 Å². The van der Waals surface area contributed by atoms with Gasteiger partial charge in [0.25, 0.3) is 0 Å². The maximum atomic E-state index is 5.09. The first-order valence-corrected chi connectivity index (χ1v) is 3.15. The van der Waals surface area contributed by atoms with Crippen molar-refractivity contribution in [2.24, 2.45) is 0 Å². The largest absolute Gasteiger partial charge is 0.446 e. The van der Waals surface area contributed by atoms with E-state index in [1.54, 1.807) is 6.92 Å². The van der Waals surface area contributed by atoms with Crippen LogP contribution < -0.4 is 4.74 Å². The molecule has 0 aliphatic carbocycles. The Bertz CT molecular complexity index is 207. The van der Waals surface area contributed by atoms with Gasteiger partial charge in [0, 0.05) is 6.92 Å². The lowest BCUT2D eigenvalue weighted by molar-refractivity contribution is 0.173. The molecule has 4 nitrogen and oxygen atoms in total. The van der Waals surface area contributed by atoms with Crippen LogP contribution in [0, 0.1) is 6.92 Å². The topological polar surface area (TPSA) is 48.2 Å². The van der Waals surface area contributed by atoms with E-state index in [1.807, 2.05) is 13.8 Å². The van der Waals surface area contributed by atoms with Crippen LogP contribution in [0.5, 0.6) is 6.08 Å². The SMILES string of the molecule is Cc1nnc(OC(C)C)o1. The molecule has 0 bridgehead atoms. The lowest BCUT2D eigenvalue weighted by atomic mass is 10.5. The summed E-state index contributed by atoms with van der Waals surface area (Å²) in [5, 5.41) is 7.25. The van der Waals surface area contributed by atoms with E-state index >= 15 is 0 Å².